The van der Waals surface area contributed by atoms with Crippen LogP contribution in [0.2, 0.25) is 0 Å². The fourth-order valence-corrected chi connectivity index (χ4v) is 3.34. The molecule has 0 saturated carbocycles. The molecule has 1 aromatic carbocycles. The molecule has 2 N–H and O–H groups in total. The van der Waals surface area contributed by atoms with Crippen LogP contribution in [0, 0.1) is 0 Å². The van der Waals surface area contributed by atoms with E-state index in [1.54, 1.807) is 11.4 Å². The molecule has 0 fully saturated rings. The van der Waals surface area contributed by atoms with Gasteiger partial charge in [-0.3, -0.25) is 4.79 Å². The molecular weight excluding hydrogens is 296 g/mol. The summed E-state index contributed by atoms with van der Waals surface area (Å²) < 4.78 is 0.939. The van der Waals surface area contributed by atoms with E-state index < -0.39 is 11.8 Å². The largest absolute Gasteiger partial charge is 0.507 e. The Morgan fingerprint density at radius 1 is 1.15 bits per heavy atom. The molecule has 2 rings (SSSR count). The van der Waals surface area contributed by atoms with Gasteiger partial charge >= 0.3 is 5.97 Å². The fourth-order valence-electron chi connectivity index (χ4n) is 1.38. The van der Waals surface area contributed by atoms with Crippen LogP contribution < -0.4 is 0 Å². The molecule has 0 spiro atoms. The van der Waals surface area contributed by atoms with Crippen molar-refractivity contribution in [3.05, 3.63) is 53.4 Å². The average molecular weight is 306 g/mol. The summed E-state index contributed by atoms with van der Waals surface area (Å²) in [5, 5.41) is 19.8. The summed E-state index contributed by atoms with van der Waals surface area (Å²) in [6.45, 7) is 0. The highest BCUT2D eigenvalue weighted by molar-refractivity contribution is 8.01. The van der Waals surface area contributed by atoms with E-state index in [-0.39, 0.29) is 5.76 Å². The Bertz CT molecular complexity index is 659. The normalized spacial score (nSPS) is 11.3. The first-order valence-electron chi connectivity index (χ1n) is 5.56. The van der Waals surface area contributed by atoms with Gasteiger partial charge in [0, 0.05) is 21.9 Å². The first-order valence-corrected chi connectivity index (χ1v) is 7.25. The Hall–Kier alpha value is -2.05. The topological polar surface area (TPSA) is 74.6 Å². The van der Waals surface area contributed by atoms with Crippen LogP contribution in [0.15, 0.2) is 57.0 Å². The van der Waals surface area contributed by atoms with Crippen molar-refractivity contribution >= 4 is 40.6 Å². The Labute approximate surface area is 123 Å². The maximum absolute atomic E-state index is 11.0. The molecule has 6 heteroatoms. The van der Waals surface area contributed by atoms with E-state index in [1.807, 2.05) is 30.3 Å². The molecule has 1 aromatic heterocycles. The van der Waals surface area contributed by atoms with Crippen LogP contribution in [0.1, 0.15) is 5.56 Å². The van der Waals surface area contributed by atoms with E-state index in [0.29, 0.717) is 11.6 Å². The Morgan fingerprint density at radius 2 is 1.85 bits per heavy atom. The number of ketones is 1. The van der Waals surface area contributed by atoms with Gasteiger partial charge in [-0.2, -0.15) is 0 Å². The van der Waals surface area contributed by atoms with Gasteiger partial charge in [0.05, 0.1) is 4.21 Å². The van der Waals surface area contributed by atoms with Crippen molar-refractivity contribution in [2.45, 2.75) is 9.10 Å². The number of carbonyl (C=O) groups excluding carboxylic acids is 1. The molecule has 0 atom stereocenters. The zero-order chi connectivity index (χ0) is 14.5. The number of carbonyl (C=O) groups is 2. The number of hydrogen-bond donors (Lipinski definition) is 2. The molecule has 0 saturated heterocycles. The Morgan fingerprint density at radius 3 is 2.50 bits per heavy atom. The van der Waals surface area contributed by atoms with Crippen molar-refractivity contribution in [2.24, 2.45) is 0 Å². The van der Waals surface area contributed by atoms with Gasteiger partial charge < -0.3 is 10.2 Å². The number of thiophene rings is 1. The van der Waals surface area contributed by atoms with Crippen LogP contribution in [0.5, 0.6) is 0 Å². The Kier molecular flexibility index (Phi) is 4.60. The minimum Gasteiger partial charge on any atom is -0.507 e. The summed E-state index contributed by atoms with van der Waals surface area (Å²) in [5.41, 5.74) is 0.433. The number of aliphatic hydroxyl groups excluding tert-OH is 1. The van der Waals surface area contributed by atoms with Crippen molar-refractivity contribution in [3.63, 3.8) is 0 Å². The van der Waals surface area contributed by atoms with Crippen LogP contribution in [-0.4, -0.2) is 22.0 Å². The molecule has 102 valence electrons. The second-order valence-electron chi connectivity index (χ2n) is 3.77. The van der Waals surface area contributed by atoms with Gasteiger partial charge in [0.25, 0.3) is 5.78 Å². The molecule has 0 bridgehead atoms. The molecule has 0 unspecified atom stereocenters. The number of benzene rings is 1. The predicted octanol–water partition coefficient (Wildman–Crippen LogP) is 3.45. The van der Waals surface area contributed by atoms with Crippen LogP contribution in [0.3, 0.4) is 0 Å². The Balaban J connectivity index is 2.13. The SMILES string of the molecule is O=C(O)C(=O)C=C(O)c1csc(Sc2ccccc2)c1. The number of aliphatic carboxylic acids is 1. The number of carboxylic acid groups (broad SMARTS) is 1. The van der Waals surface area contributed by atoms with E-state index in [9.17, 15) is 14.7 Å². The summed E-state index contributed by atoms with van der Waals surface area (Å²) in [6.07, 6.45) is 0.710. The third-order valence-corrected chi connectivity index (χ3v) is 4.40. The van der Waals surface area contributed by atoms with Gasteiger partial charge in [-0.1, -0.05) is 30.0 Å². The van der Waals surface area contributed by atoms with Crippen molar-refractivity contribution in [1.82, 2.24) is 0 Å². The summed E-state index contributed by atoms with van der Waals surface area (Å²) in [6, 6.07) is 11.4. The number of hydrogen-bond acceptors (Lipinski definition) is 5. The highest BCUT2D eigenvalue weighted by Gasteiger charge is 2.12. The summed E-state index contributed by atoms with van der Waals surface area (Å²) in [4.78, 5) is 22.5. The van der Waals surface area contributed by atoms with Crippen LogP contribution in [0.4, 0.5) is 0 Å². The second kappa shape index (κ2) is 6.40. The second-order valence-corrected chi connectivity index (χ2v) is 6.05. The standard InChI is InChI=1S/C14H10O4S2/c15-11(7-12(16)14(17)18)9-6-13(19-8-9)20-10-4-2-1-3-5-10/h1-8,15H,(H,17,18). The lowest BCUT2D eigenvalue weighted by molar-refractivity contribution is -0.146. The first-order chi connectivity index (χ1) is 9.56. The van der Waals surface area contributed by atoms with E-state index >= 15 is 0 Å². The zero-order valence-electron chi connectivity index (χ0n) is 10.1. The van der Waals surface area contributed by atoms with Gasteiger partial charge in [-0.15, -0.1) is 11.3 Å². The molecule has 0 radical (unpaired) electrons. The van der Waals surface area contributed by atoms with Crippen molar-refractivity contribution in [2.75, 3.05) is 0 Å². The van der Waals surface area contributed by atoms with E-state index in [0.717, 1.165) is 9.10 Å². The van der Waals surface area contributed by atoms with Crippen molar-refractivity contribution < 1.29 is 19.8 Å². The zero-order valence-corrected chi connectivity index (χ0v) is 11.8. The van der Waals surface area contributed by atoms with Gasteiger partial charge in [-0.25, -0.2) is 4.79 Å². The molecular formula is C14H10O4S2. The maximum Gasteiger partial charge on any atom is 0.376 e. The van der Waals surface area contributed by atoms with E-state index in [2.05, 4.69) is 0 Å². The smallest absolute Gasteiger partial charge is 0.376 e. The van der Waals surface area contributed by atoms with Gasteiger partial charge in [0.1, 0.15) is 5.76 Å². The molecule has 2 aromatic rings. The minimum atomic E-state index is -1.59. The summed E-state index contributed by atoms with van der Waals surface area (Å²) >= 11 is 2.94. The molecule has 0 amide bonds. The van der Waals surface area contributed by atoms with E-state index in [1.165, 1.54) is 23.1 Å². The molecule has 0 aliphatic heterocycles. The van der Waals surface area contributed by atoms with Gasteiger partial charge in [0.2, 0.25) is 0 Å². The highest BCUT2D eigenvalue weighted by Crippen LogP contribution is 2.34. The number of carboxylic acids is 1. The first kappa shape index (κ1) is 14.4. The van der Waals surface area contributed by atoms with Crippen LogP contribution in [0.25, 0.3) is 5.76 Å². The molecule has 0 aliphatic rings. The third kappa shape index (κ3) is 3.72. The molecule has 0 aliphatic carbocycles. The van der Waals surface area contributed by atoms with Crippen molar-refractivity contribution in [1.29, 1.82) is 0 Å². The lowest BCUT2D eigenvalue weighted by Gasteiger charge is -1.96. The third-order valence-electron chi connectivity index (χ3n) is 2.31. The average Bonchev–Trinajstić information content (AvgIpc) is 2.88. The van der Waals surface area contributed by atoms with E-state index in [4.69, 9.17) is 5.11 Å². The predicted molar refractivity (Wildman–Crippen MR) is 78.1 cm³/mol. The maximum atomic E-state index is 11.0. The van der Waals surface area contributed by atoms with Crippen molar-refractivity contribution in [3.8, 4) is 0 Å². The summed E-state index contributed by atoms with van der Waals surface area (Å²) in [7, 11) is 0. The minimum absolute atomic E-state index is 0.339. The number of aliphatic hydroxyl groups is 1. The monoisotopic (exact) mass is 306 g/mol. The lowest BCUT2D eigenvalue weighted by atomic mass is 10.2. The fraction of sp³-hybridized carbons (Fsp3) is 0. The van der Waals surface area contributed by atoms with Crippen LogP contribution in [-0.2, 0) is 9.59 Å². The summed E-state index contributed by atoms with van der Waals surface area (Å²) in [5.74, 6) is -3.08. The molecule has 20 heavy (non-hydrogen) atoms. The molecule has 4 nitrogen and oxygen atoms in total. The number of rotatable bonds is 5. The van der Waals surface area contributed by atoms with Gasteiger partial charge in [0.15, 0.2) is 0 Å². The van der Waals surface area contributed by atoms with Crippen LogP contribution >= 0.6 is 23.1 Å². The quantitative estimate of drug-likeness (QED) is 0.503. The molecule has 1 heterocycles. The highest BCUT2D eigenvalue weighted by atomic mass is 32.2. The lowest BCUT2D eigenvalue weighted by Crippen LogP contribution is -2.09. The van der Waals surface area contributed by atoms with Gasteiger partial charge in [-0.05, 0) is 18.2 Å².